The highest BCUT2D eigenvalue weighted by Gasteiger charge is 2.11. The van der Waals surface area contributed by atoms with E-state index in [0.717, 1.165) is 17.1 Å². The van der Waals surface area contributed by atoms with E-state index in [-0.39, 0.29) is 0 Å². The number of hydrogen-bond acceptors (Lipinski definition) is 1. The van der Waals surface area contributed by atoms with Gasteiger partial charge in [0.1, 0.15) is 0 Å². The molecule has 0 unspecified atom stereocenters. The Morgan fingerprint density at radius 1 is 0.412 bits per heavy atom. The molecule has 0 N–H and O–H groups in total. The maximum atomic E-state index is 2.28. The van der Waals surface area contributed by atoms with E-state index >= 15 is 0 Å². The third kappa shape index (κ3) is 5.00. The summed E-state index contributed by atoms with van der Waals surface area (Å²) in [6.07, 6.45) is 4.33. The Kier molecular flexibility index (Phi) is 6.36. The van der Waals surface area contributed by atoms with Crippen LogP contribution in [0, 0.1) is 6.92 Å². The number of para-hydroxylation sites is 2. The quantitative estimate of drug-likeness (QED) is 0.239. The Hall–Kier alpha value is -4.36. The topological polar surface area (TPSA) is 3.24 Å². The average molecular weight is 438 g/mol. The molecule has 5 aromatic carbocycles. The van der Waals surface area contributed by atoms with E-state index in [9.17, 15) is 0 Å². The van der Waals surface area contributed by atoms with Crippen LogP contribution in [0.2, 0.25) is 0 Å². The van der Waals surface area contributed by atoms with Crippen molar-refractivity contribution in [3.63, 3.8) is 0 Å². The summed E-state index contributed by atoms with van der Waals surface area (Å²) in [6, 6.07) is 47.1. The average Bonchev–Trinajstić information content (AvgIpc) is 2.90. The molecule has 0 atom stereocenters. The van der Waals surface area contributed by atoms with E-state index < -0.39 is 0 Å². The predicted molar refractivity (Wildman–Crippen MR) is 147 cm³/mol. The van der Waals surface area contributed by atoms with Crippen molar-refractivity contribution in [3.8, 4) is 11.1 Å². The molecule has 0 heterocycles. The Bertz CT molecular complexity index is 1310. The monoisotopic (exact) mass is 437 g/mol. The van der Waals surface area contributed by atoms with Crippen molar-refractivity contribution in [2.24, 2.45) is 0 Å². The fourth-order valence-corrected chi connectivity index (χ4v) is 4.06. The predicted octanol–water partition coefficient (Wildman–Crippen LogP) is 9.30. The number of anilines is 3. The van der Waals surface area contributed by atoms with E-state index in [2.05, 4.69) is 145 Å². The van der Waals surface area contributed by atoms with Crippen LogP contribution in [0.4, 0.5) is 17.1 Å². The first-order valence-corrected chi connectivity index (χ1v) is 11.6. The SMILES string of the molecule is Cc1ccc(-c2ccc(C=Cc3ccc(N(c4ccccc4)c4ccccc4)cc3)cc2)cc1. The van der Waals surface area contributed by atoms with E-state index in [1.807, 2.05) is 12.1 Å². The Labute approximate surface area is 202 Å². The van der Waals surface area contributed by atoms with Crippen molar-refractivity contribution < 1.29 is 0 Å². The summed E-state index contributed by atoms with van der Waals surface area (Å²) < 4.78 is 0. The van der Waals surface area contributed by atoms with Gasteiger partial charge in [0.15, 0.2) is 0 Å². The van der Waals surface area contributed by atoms with Gasteiger partial charge in [0.05, 0.1) is 0 Å². The Morgan fingerprint density at radius 2 is 0.794 bits per heavy atom. The van der Waals surface area contributed by atoms with Crippen LogP contribution in [0.15, 0.2) is 133 Å². The smallest absolute Gasteiger partial charge is 0.0462 e. The molecule has 0 aliphatic rings. The molecule has 1 nitrogen and oxygen atoms in total. The summed E-state index contributed by atoms with van der Waals surface area (Å²) in [7, 11) is 0. The Morgan fingerprint density at radius 3 is 1.26 bits per heavy atom. The fourth-order valence-electron chi connectivity index (χ4n) is 4.06. The lowest BCUT2D eigenvalue weighted by molar-refractivity contribution is 1.28. The molecule has 0 radical (unpaired) electrons. The van der Waals surface area contributed by atoms with Crippen LogP contribution in [0.3, 0.4) is 0 Å². The summed E-state index contributed by atoms with van der Waals surface area (Å²) >= 11 is 0. The van der Waals surface area contributed by atoms with Crippen LogP contribution in [-0.2, 0) is 0 Å². The molecule has 5 rings (SSSR count). The van der Waals surface area contributed by atoms with Crippen molar-refractivity contribution in [2.75, 3.05) is 4.90 Å². The number of nitrogens with zero attached hydrogens (tertiary/aromatic N) is 1. The van der Waals surface area contributed by atoms with Crippen molar-refractivity contribution in [1.82, 2.24) is 0 Å². The van der Waals surface area contributed by atoms with Crippen molar-refractivity contribution in [2.45, 2.75) is 6.92 Å². The first kappa shape index (κ1) is 21.5. The van der Waals surface area contributed by atoms with Crippen LogP contribution in [0.1, 0.15) is 16.7 Å². The second-order valence-corrected chi connectivity index (χ2v) is 8.42. The zero-order valence-corrected chi connectivity index (χ0v) is 19.3. The third-order valence-electron chi connectivity index (χ3n) is 5.94. The molecule has 0 fully saturated rings. The zero-order valence-electron chi connectivity index (χ0n) is 19.3. The van der Waals surface area contributed by atoms with Gasteiger partial charge in [-0.25, -0.2) is 0 Å². The van der Waals surface area contributed by atoms with Gasteiger partial charge in [0.2, 0.25) is 0 Å². The summed E-state index contributed by atoms with van der Waals surface area (Å²) in [4.78, 5) is 2.28. The van der Waals surface area contributed by atoms with E-state index in [1.54, 1.807) is 0 Å². The lowest BCUT2D eigenvalue weighted by Gasteiger charge is -2.25. The van der Waals surface area contributed by atoms with Gasteiger partial charge in [-0.1, -0.05) is 115 Å². The van der Waals surface area contributed by atoms with Crippen molar-refractivity contribution >= 4 is 29.2 Å². The van der Waals surface area contributed by atoms with Gasteiger partial charge in [-0.3, -0.25) is 0 Å². The number of aryl methyl sites for hydroxylation is 1. The highest BCUT2D eigenvalue weighted by Crippen LogP contribution is 2.34. The first-order chi connectivity index (χ1) is 16.8. The molecule has 0 aromatic heterocycles. The van der Waals surface area contributed by atoms with Crippen molar-refractivity contribution in [1.29, 1.82) is 0 Å². The van der Waals surface area contributed by atoms with Crippen LogP contribution >= 0.6 is 0 Å². The summed E-state index contributed by atoms with van der Waals surface area (Å²) in [5, 5.41) is 0. The van der Waals surface area contributed by atoms with Gasteiger partial charge in [-0.15, -0.1) is 0 Å². The number of benzene rings is 5. The molecular weight excluding hydrogens is 410 g/mol. The maximum Gasteiger partial charge on any atom is 0.0462 e. The molecule has 0 saturated heterocycles. The number of rotatable bonds is 6. The third-order valence-corrected chi connectivity index (χ3v) is 5.94. The second kappa shape index (κ2) is 10.1. The van der Waals surface area contributed by atoms with E-state index in [1.165, 1.54) is 27.8 Å². The van der Waals surface area contributed by atoms with E-state index in [4.69, 9.17) is 0 Å². The molecule has 0 bridgehead atoms. The van der Waals surface area contributed by atoms with Crippen LogP contribution in [0.25, 0.3) is 23.3 Å². The molecule has 0 aliphatic carbocycles. The molecule has 0 amide bonds. The standard InChI is InChI=1S/C33H27N/c1-26-12-20-29(21-13-26)30-22-16-27(17-23-30)14-15-28-18-24-33(25-19-28)34(31-8-4-2-5-9-31)32-10-6-3-7-11-32/h2-25H,1H3. The van der Waals surface area contributed by atoms with Crippen LogP contribution in [0.5, 0.6) is 0 Å². The molecule has 1 heteroatoms. The van der Waals surface area contributed by atoms with Gasteiger partial charge >= 0.3 is 0 Å². The summed E-state index contributed by atoms with van der Waals surface area (Å²) in [5.41, 5.74) is 9.56. The minimum Gasteiger partial charge on any atom is -0.311 e. The largest absolute Gasteiger partial charge is 0.311 e. The van der Waals surface area contributed by atoms with Gasteiger partial charge in [-0.2, -0.15) is 0 Å². The molecule has 0 saturated carbocycles. The molecule has 0 spiro atoms. The van der Waals surface area contributed by atoms with Crippen molar-refractivity contribution in [3.05, 3.63) is 150 Å². The van der Waals surface area contributed by atoms with E-state index in [0.29, 0.717) is 0 Å². The first-order valence-electron chi connectivity index (χ1n) is 11.6. The van der Waals surface area contributed by atoms with Crippen LogP contribution < -0.4 is 4.90 Å². The van der Waals surface area contributed by atoms with Gasteiger partial charge in [-0.05, 0) is 65.6 Å². The summed E-state index contributed by atoms with van der Waals surface area (Å²) in [6.45, 7) is 2.12. The number of hydrogen-bond donors (Lipinski definition) is 0. The van der Waals surface area contributed by atoms with Gasteiger partial charge in [0.25, 0.3) is 0 Å². The van der Waals surface area contributed by atoms with Gasteiger partial charge < -0.3 is 4.90 Å². The highest BCUT2D eigenvalue weighted by atomic mass is 15.1. The van der Waals surface area contributed by atoms with Gasteiger partial charge in [0, 0.05) is 17.1 Å². The molecule has 164 valence electrons. The fraction of sp³-hybridized carbons (Fsp3) is 0.0303. The second-order valence-electron chi connectivity index (χ2n) is 8.42. The highest BCUT2D eigenvalue weighted by molar-refractivity contribution is 5.78. The zero-order chi connectivity index (χ0) is 23.2. The molecule has 0 aliphatic heterocycles. The molecule has 5 aromatic rings. The lowest BCUT2D eigenvalue weighted by Crippen LogP contribution is -2.09. The van der Waals surface area contributed by atoms with Crippen LogP contribution in [-0.4, -0.2) is 0 Å². The summed E-state index contributed by atoms with van der Waals surface area (Å²) in [5.74, 6) is 0. The molecular formula is C33H27N. The Balaban J connectivity index is 1.35. The maximum absolute atomic E-state index is 2.28. The normalized spacial score (nSPS) is 11.0. The molecule has 34 heavy (non-hydrogen) atoms. The minimum absolute atomic E-state index is 1.14. The minimum atomic E-state index is 1.14. The lowest BCUT2D eigenvalue weighted by atomic mass is 10.0.